The quantitative estimate of drug-likeness (QED) is 0.466. The first-order chi connectivity index (χ1) is 11.7. The maximum atomic E-state index is 6.25. The first kappa shape index (κ1) is 19.5. The lowest BCUT2D eigenvalue weighted by Crippen LogP contribution is -3.00. The summed E-state index contributed by atoms with van der Waals surface area (Å²) in [6.45, 7) is 12.7. The van der Waals surface area contributed by atoms with E-state index in [0.717, 1.165) is 48.1 Å². The van der Waals surface area contributed by atoms with Crippen LogP contribution in [0, 0.1) is 0 Å². The van der Waals surface area contributed by atoms with Crippen LogP contribution >= 0.6 is 0 Å². The smallest absolute Gasteiger partial charge is 0.362 e. The van der Waals surface area contributed by atoms with Crippen molar-refractivity contribution < 1.29 is 21.4 Å². The molecule has 0 aliphatic carbocycles. The van der Waals surface area contributed by atoms with Crippen LogP contribution in [0.3, 0.4) is 0 Å². The number of nitrogens with zero attached hydrogens (tertiary/aromatic N) is 2. The molecule has 4 heteroatoms. The summed E-state index contributed by atoms with van der Waals surface area (Å²) < 4.78 is 6.25. The molecule has 0 bridgehead atoms. The van der Waals surface area contributed by atoms with Gasteiger partial charge in [0.15, 0.2) is 0 Å². The van der Waals surface area contributed by atoms with Gasteiger partial charge in [0.1, 0.15) is 0 Å². The predicted molar refractivity (Wildman–Crippen MR) is 105 cm³/mol. The molecule has 0 aliphatic rings. The largest absolute Gasteiger partial charge is 1.00 e. The van der Waals surface area contributed by atoms with Crippen molar-refractivity contribution in [2.75, 3.05) is 36.0 Å². The molecule has 0 amide bonds. The Morgan fingerprint density at radius 2 is 1.04 bits per heavy atom. The lowest BCUT2D eigenvalue weighted by atomic mass is 10.1. The highest BCUT2D eigenvalue weighted by Crippen LogP contribution is 2.29. The number of anilines is 2. The zero-order valence-electron chi connectivity index (χ0n) is 15.6. The van der Waals surface area contributed by atoms with E-state index in [4.69, 9.17) is 4.42 Å². The molecule has 3 rings (SSSR count). The van der Waals surface area contributed by atoms with Gasteiger partial charge in [-0.2, -0.15) is 0 Å². The molecule has 0 spiro atoms. The molecule has 134 valence electrons. The molecule has 0 saturated heterocycles. The van der Waals surface area contributed by atoms with Crippen LogP contribution in [0.25, 0.3) is 21.9 Å². The minimum absolute atomic E-state index is 0. The summed E-state index contributed by atoms with van der Waals surface area (Å²) in [6, 6.07) is 15.2. The third kappa shape index (κ3) is 3.90. The Morgan fingerprint density at radius 3 is 1.40 bits per heavy atom. The average molecular weight is 403 g/mol. The zero-order valence-corrected chi connectivity index (χ0v) is 17.1. The summed E-state index contributed by atoms with van der Waals surface area (Å²) in [6.07, 6.45) is 0. The number of fused-ring (bicyclic) bond motifs is 2. The van der Waals surface area contributed by atoms with E-state index < -0.39 is 0 Å². The van der Waals surface area contributed by atoms with E-state index in [1.54, 1.807) is 0 Å². The molecule has 1 heterocycles. The molecule has 0 saturated carbocycles. The Labute approximate surface area is 161 Å². The van der Waals surface area contributed by atoms with Crippen LogP contribution in [-0.2, 0) is 0 Å². The number of benzene rings is 2. The SMILES string of the molecule is CCN(CC)c1ccc2cc3ccc(N(CC)CC)cc3[o+]c2c1.[Br-]. The van der Waals surface area contributed by atoms with Crippen molar-refractivity contribution in [1.82, 2.24) is 0 Å². The van der Waals surface area contributed by atoms with Crippen molar-refractivity contribution >= 4 is 33.3 Å². The van der Waals surface area contributed by atoms with Crippen LogP contribution in [0.2, 0.25) is 0 Å². The second-order valence-corrected chi connectivity index (χ2v) is 6.04. The maximum absolute atomic E-state index is 6.25. The first-order valence-corrected chi connectivity index (χ1v) is 9.00. The second-order valence-electron chi connectivity index (χ2n) is 6.04. The molecule has 0 atom stereocenters. The first-order valence-electron chi connectivity index (χ1n) is 9.00. The molecule has 3 aromatic rings. The summed E-state index contributed by atoms with van der Waals surface area (Å²) in [5.74, 6) is 0. The van der Waals surface area contributed by atoms with Gasteiger partial charge in [-0.05, 0) is 58.0 Å². The van der Waals surface area contributed by atoms with E-state index in [0.29, 0.717) is 0 Å². The average Bonchev–Trinajstić information content (AvgIpc) is 2.62. The molecule has 0 fully saturated rings. The molecule has 3 nitrogen and oxygen atoms in total. The molecule has 0 N–H and O–H groups in total. The van der Waals surface area contributed by atoms with Gasteiger partial charge in [-0.25, -0.2) is 4.42 Å². The molecular weight excluding hydrogens is 376 g/mol. The van der Waals surface area contributed by atoms with Gasteiger partial charge in [-0.15, -0.1) is 0 Å². The fraction of sp³-hybridized carbons (Fsp3) is 0.381. The van der Waals surface area contributed by atoms with E-state index in [2.05, 4.69) is 80.0 Å². The van der Waals surface area contributed by atoms with Crippen molar-refractivity contribution in [2.45, 2.75) is 27.7 Å². The van der Waals surface area contributed by atoms with Crippen molar-refractivity contribution in [2.24, 2.45) is 0 Å². The summed E-state index contributed by atoms with van der Waals surface area (Å²) in [5.41, 5.74) is 4.33. The van der Waals surface area contributed by atoms with Gasteiger partial charge in [0.2, 0.25) is 0 Å². The van der Waals surface area contributed by atoms with Gasteiger partial charge in [0.25, 0.3) is 0 Å². The Morgan fingerprint density at radius 1 is 0.640 bits per heavy atom. The molecule has 0 radical (unpaired) electrons. The van der Waals surface area contributed by atoms with Gasteiger partial charge >= 0.3 is 11.2 Å². The summed E-state index contributed by atoms with van der Waals surface area (Å²) >= 11 is 0. The summed E-state index contributed by atoms with van der Waals surface area (Å²) in [5, 5.41) is 2.29. The van der Waals surface area contributed by atoms with Crippen LogP contribution in [0.4, 0.5) is 11.4 Å². The fourth-order valence-electron chi connectivity index (χ4n) is 3.32. The van der Waals surface area contributed by atoms with E-state index >= 15 is 0 Å². The Bertz CT molecular complexity index is 775. The van der Waals surface area contributed by atoms with Crippen LogP contribution < -0.4 is 26.8 Å². The fourth-order valence-corrected chi connectivity index (χ4v) is 3.32. The monoisotopic (exact) mass is 402 g/mol. The standard InChI is InChI=1S/C21H27N2O.BrH/c1-5-22(6-2)18-11-9-16-13-17-10-12-19(23(7-3)8-4)15-21(17)24-20(16)14-18;/h9-15H,5-8H2,1-4H3;1H/q+1;/p-1. The van der Waals surface area contributed by atoms with Crippen LogP contribution in [0.1, 0.15) is 27.7 Å². The predicted octanol–water partition coefficient (Wildman–Crippen LogP) is 2.56. The van der Waals surface area contributed by atoms with Crippen molar-refractivity contribution in [1.29, 1.82) is 0 Å². The third-order valence-corrected chi connectivity index (χ3v) is 4.78. The van der Waals surface area contributed by atoms with Crippen molar-refractivity contribution in [3.05, 3.63) is 42.5 Å². The highest BCUT2D eigenvalue weighted by Gasteiger charge is 2.16. The van der Waals surface area contributed by atoms with E-state index in [9.17, 15) is 0 Å². The molecular formula is C21H27BrN2O. The summed E-state index contributed by atoms with van der Waals surface area (Å²) in [7, 11) is 0. The highest BCUT2D eigenvalue weighted by molar-refractivity contribution is 5.92. The lowest BCUT2D eigenvalue weighted by Gasteiger charge is -2.20. The zero-order chi connectivity index (χ0) is 17.1. The number of rotatable bonds is 6. The molecule has 25 heavy (non-hydrogen) atoms. The van der Waals surface area contributed by atoms with Crippen molar-refractivity contribution in [3.63, 3.8) is 0 Å². The Kier molecular flexibility index (Phi) is 6.65. The normalized spacial score (nSPS) is 10.7. The van der Waals surface area contributed by atoms with E-state index in [1.807, 2.05) is 0 Å². The van der Waals surface area contributed by atoms with Gasteiger partial charge in [0, 0.05) is 37.6 Å². The molecule has 2 aromatic carbocycles. The van der Waals surface area contributed by atoms with Gasteiger partial charge < -0.3 is 26.8 Å². The molecule has 1 aromatic heterocycles. The van der Waals surface area contributed by atoms with Crippen LogP contribution in [0.5, 0.6) is 0 Å². The van der Waals surface area contributed by atoms with Crippen LogP contribution in [-0.4, -0.2) is 26.2 Å². The minimum Gasteiger partial charge on any atom is -1.00 e. The number of hydrogen-bond donors (Lipinski definition) is 0. The Balaban J connectivity index is 0.00000225. The maximum Gasteiger partial charge on any atom is 0.362 e. The molecule has 0 unspecified atom stereocenters. The van der Waals surface area contributed by atoms with Gasteiger partial charge in [-0.1, -0.05) is 0 Å². The number of hydrogen-bond acceptors (Lipinski definition) is 2. The van der Waals surface area contributed by atoms with Crippen molar-refractivity contribution in [3.8, 4) is 0 Å². The Hall–Kier alpha value is -1.81. The van der Waals surface area contributed by atoms with Gasteiger partial charge in [0.05, 0.1) is 22.9 Å². The van der Waals surface area contributed by atoms with E-state index in [-0.39, 0.29) is 17.0 Å². The van der Waals surface area contributed by atoms with Crippen LogP contribution in [0.15, 0.2) is 46.9 Å². The number of halogens is 1. The summed E-state index contributed by atoms with van der Waals surface area (Å²) in [4.78, 5) is 4.68. The van der Waals surface area contributed by atoms with E-state index in [1.165, 1.54) is 11.4 Å². The third-order valence-electron chi connectivity index (χ3n) is 4.78. The molecule has 0 aliphatic heterocycles. The minimum atomic E-state index is 0. The topological polar surface area (TPSA) is 17.8 Å². The lowest BCUT2D eigenvalue weighted by molar-refractivity contribution is -0.00000544. The second kappa shape index (κ2) is 8.52. The van der Waals surface area contributed by atoms with Gasteiger partial charge in [-0.3, -0.25) is 0 Å². The highest BCUT2D eigenvalue weighted by atomic mass is 79.9.